The Morgan fingerprint density at radius 1 is 1.00 bits per heavy atom. The van der Waals surface area contributed by atoms with E-state index in [9.17, 15) is 17.6 Å². The van der Waals surface area contributed by atoms with E-state index in [4.69, 9.17) is 0 Å². The molecule has 0 amide bonds. The lowest BCUT2D eigenvalue weighted by Crippen LogP contribution is -2.18. The second-order valence-electron chi connectivity index (χ2n) is 9.66. The summed E-state index contributed by atoms with van der Waals surface area (Å²) in [5.41, 5.74) is 2.14. The van der Waals surface area contributed by atoms with Crippen molar-refractivity contribution >= 4 is 0 Å². The highest BCUT2D eigenvalue weighted by atomic mass is 19.4. The maximum absolute atomic E-state index is 14.0. The van der Waals surface area contributed by atoms with Crippen molar-refractivity contribution in [2.45, 2.75) is 89.8 Å². The van der Waals surface area contributed by atoms with Crippen LogP contribution in [0.4, 0.5) is 17.6 Å². The smallest absolute Gasteiger partial charge is 0.403 e. The molecule has 0 atom stereocenters. The molecule has 0 radical (unpaired) electrons. The average Bonchev–Trinajstić information content (AvgIpc) is 2.77. The van der Waals surface area contributed by atoms with Crippen molar-refractivity contribution in [2.24, 2.45) is 17.8 Å². The van der Waals surface area contributed by atoms with E-state index in [-0.39, 0.29) is 5.92 Å². The van der Waals surface area contributed by atoms with E-state index in [1.807, 2.05) is 0 Å². The maximum Gasteiger partial charge on any atom is 0.573 e. The van der Waals surface area contributed by atoms with Crippen LogP contribution in [0.2, 0.25) is 0 Å². The minimum atomic E-state index is -4.88. The van der Waals surface area contributed by atoms with Crippen LogP contribution in [0.25, 0.3) is 0 Å². The molecular weight excluding hydrogens is 416 g/mol. The fourth-order valence-electron chi connectivity index (χ4n) is 5.19. The minimum Gasteiger partial charge on any atom is -0.403 e. The summed E-state index contributed by atoms with van der Waals surface area (Å²) in [5, 5.41) is 0. The minimum absolute atomic E-state index is 0.197. The highest BCUT2D eigenvalue weighted by Gasteiger charge is 2.32. The third-order valence-corrected chi connectivity index (χ3v) is 7.38. The van der Waals surface area contributed by atoms with Gasteiger partial charge in [-0.1, -0.05) is 37.3 Å². The quantitative estimate of drug-likeness (QED) is 0.282. The first kappa shape index (κ1) is 24.9. The molecule has 178 valence electrons. The summed E-state index contributed by atoms with van der Waals surface area (Å²) in [4.78, 5) is 0. The molecule has 2 aliphatic rings. The fraction of sp³-hybridized carbons (Fsp3) is 0.630. The van der Waals surface area contributed by atoms with Crippen molar-refractivity contribution in [3.8, 4) is 5.75 Å². The molecule has 0 aromatic heterocycles. The first-order valence-electron chi connectivity index (χ1n) is 12.1. The topological polar surface area (TPSA) is 9.23 Å². The Bertz CT molecular complexity index is 766. The van der Waals surface area contributed by atoms with E-state index in [2.05, 4.69) is 30.4 Å². The molecule has 2 aliphatic carbocycles. The third-order valence-electron chi connectivity index (χ3n) is 7.38. The van der Waals surface area contributed by atoms with Crippen molar-refractivity contribution in [3.05, 3.63) is 53.9 Å². The number of ether oxygens (including phenoxy) is 1. The fourth-order valence-corrected chi connectivity index (χ4v) is 5.19. The van der Waals surface area contributed by atoms with Gasteiger partial charge in [-0.05, 0) is 112 Å². The number of allylic oxidation sites excluding steroid dienone is 3. The van der Waals surface area contributed by atoms with Gasteiger partial charge in [0.25, 0.3) is 0 Å². The second-order valence-corrected chi connectivity index (χ2v) is 9.66. The average molecular weight is 453 g/mol. The molecule has 1 nitrogen and oxygen atoms in total. The van der Waals surface area contributed by atoms with Gasteiger partial charge >= 0.3 is 6.36 Å². The molecule has 32 heavy (non-hydrogen) atoms. The predicted octanol–water partition coefficient (Wildman–Crippen LogP) is 9.11. The largest absolute Gasteiger partial charge is 0.573 e. The Hall–Kier alpha value is -1.78. The number of hydrogen-bond donors (Lipinski definition) is 0. The molecule has 0 aliphatic heterocycles. The van der Waals surface area contributed by atoms with Gasteiger partial charge in [0.1, 0.15) is 0 Å². The Kier molecular flexibility index (Phi) is 8.84. The van der Waals surface area contributed by atoms with E-state index >= 15 is 0 Å². The monoisotopic (exact) mass is 452 g/mol. The molecule has 0 saturated heterocycles. The Morgan fingerprint density at radius 3 is 2.12 bits per heavy atom. The van der Waals surface area contributed by atoms with Crippen LogP contribution in [0.15, 0.2) is 42.5 Å². The van der Waals surface area contributed by atoms with Gasteiger partial charge in [0.05, 0.1) is 0 Å². The van der Waals surface area contributed by atoms with E-state index in [0.717, 1.165) is 49.7 Å². The van der Waals surface area contributed by atoms with Gasteiger partial charge in [0, 0.05) is 0 Å². The van der Waals surface area contributed by atoms with Crippen LogP contribution in [0.1, 0.15) is 89.0 Å². The van der Waals surface area contributed by atoms with Crippen molar-refractivity contribution in [1.82, 2.24) is 0 Å². The van der Waals surface area contributed by atoms with Crippen LogP contribution in [-0.2, 0) is 0 Å². The summed E-state index contributed by atoms with van der Waals surface area (Å²) in [6, 6.07) is 3.87. The van der Waals surface area contributed by atoms with E-state index in [0.29, 0.717) is 11.8 Å². The highest BCUT2D eigenvalue weighted by Crippen LogP contribution is 2.39. The lowest BCUT2D eigenvalue weighted by atomic mass is 9.76. The molecule has 5 heteroatoms. The zero-order valence-corrected chi connectivity index (χ0v) is 19.1. The van der Waals surface area contributed by atoms with Gasteiger partial charge in [-0.15, -0.1) is 13.2 Å². The van der Waals surface area contributed by atoms with Crippen molar-refractivity contribution in [2.75, 3.05) is 0 Å². The Morgan fingerprint density at radius 2 is 1.59 bits per heavy atom. The van der Waals surface area contributed by atoms with Gasteiger partial charge in [-0.2, -0.15) is 0 Å². The van der Waals surface area contributed by atoms with Gasteiger partial charge in [-0.25, -0.2) is 4.39 Å². The van der Waals surface area contributed by atoms with Crippen LogP contribution in [0, 0.1) is 23.6 Å². The van der Waals surface area contributed by atoms with E-state index < -0.39 is 17.9 Å². The van der Waals surface area contributed by atoms with Crippen LogP contribution < -0.4 is 4.74 Å². The van der Waals surface area contributed by atoms with E-state index in [1.54, 1.807) is 6.07 Å². The van der Waals surface area contributed by atoms with Crippen LogP contribution in [0.5, 0.6) is 5.75 Å². The molecule has 1 aromatic carbocycles. The predicted molar refractivity (Wildman–Crippen MR) is 121 cm³/mol. The first-order valence-corrected chi connectivity index (χ1v) is 12.1. The van der Waals surface area contributed by atoms with Crippen LogP contribution in [0.3, 0.4) is 0 Å². The normalized spacial score (nSPS) is 26.9. The number of halogens is 4. The van der Waals surface area contributed by atoms with Crippen LogP contribution >= 0.6 is 0 Å². The molecule has 0 spiro atoms. The zero-order valence-electron chi connectivity index (χ0n) is 19.1. The van der Waals surface area contributed by atoms with Gasteiger partial charge in [0.15, 0.2) is 11.6 Å². The molecule has 0 N–H and O–H groups in total. The summed E-state index contributed by atoms with van der Waals surface area (Å²) < 4.78 is 54.7. The Labute approximate surface area is 189 Å². The van der Waals surface area contributed by atoms with Crippen molar-refractivity contribution < 1.29 is 22.3 Å². The molecule has 1 aromatic rings. The summed E-state index contributed by atoms with van der Waals surface area (Å²) >= 11 is 0. The lowest BCUT2D eigenvalue weighted by Gasteiger charge is -2.29. The Balaban J connectivity index is 1.41. The zero-order chi connectivity index (χ0) is 23.1. The summed E-state index contributed by atoms with van der Waals surface area (Å²) in [5.74, 6) is 0.580. The van der Waals surface area contributed by atoms with E-state index in [1.165, 1.54) is 50.2 Å². The third kappa shape index (κ3) is 7.67. The first-order chi connectivity index (χ1) is 15.2. The molecule has 2 fully saturated rings. The van der Waals surface area contributed by atoms with Gasteiger partial charge < -0.3 is 4.74 Å². The van der Waals surface area contributed by atoms with Gasteiger partial charge in [-0.3, -0.25) is 0 Å². The second kappa shape index (κ2) is 11.4. The van der Waals surface area contributed by atoms with Crippen molar-refractivity contribution in [1.29, 1.82) is 0 Å². The summed E-state index contributed by atoms with van der Waals surface area (Å²) in [6.45, 7) is 6.30. The molecule has 0 heterocycles. The highest BCUT2D eigenvalue weighted by molar-refractivity contribution is 5.31. The number of hydrogen-bond acceptors (Lipinski definition) is 1. The van der Waals surface area contributed by atoms with Crippen molar-refractivity contribution in [3.63, 3.8) is 0 Å². The summed E-state index contributed by atoms with van der Waals surface area (Å²) in [7, 11) is 0. The maximum atomic E-state index is 14.0. The summed E-state index contributed by atoms with van der Waals surface area (Å²) in [6.07, 6.45) is 12.6. The molecule has 0 bridgehead atoms. The molecule has 3 rings (SSSR count). The number of rotatable bonds is 8. The number of alkyl halides is 3. The SMILES string of the molecule is C=C(CC)CCC1CCC(C=CC2CCC(c3ccc(OC(F)(F)F)c(F)c3)CC2)CC1. The molecule has 2 saturated carbocycles. The molecule has 0 unspecified atom stereocenters. The lowest BCUT2D eigenvalue weighted by molar-refractivity contribution is -0.275. The standard InChI is InChI=1S/C27H36F4O/c1-3-19(2)4-5-20-6-8-21(9-7-20)10-11-22-12-14-23(15-13-22)24-16-17-26(25(28)18-24)32-27(29,30)31/h10-11,16-18,20-23H,2-9,12-15H2,1H3. The van der Waals surface area contributed by atoms with Crippen LogP contribution in [-0.4, -0.2) is 6.36 Å². The van der Waals surface area contributed by atoms with Gasteiger partial charge in [0.2, 0.25) is 0 Å². The number of benzene rings is 1. The molecular formula is C27H36F4O.